The monoisotopic (exact) mass is 251 g/mol. The van der Waals surface area contributed by atoms with E-state index in [9.17, 15) is 14.9 Å². The van der Waals surface area contributed by atoms with Gasteiger partial charge >= 0.3 is 5.69 Å². The summed E-state index contributed by atoms with van der Waals surface area (Å²) in [5.74, 6) is -0.163. The van der Waals surface area contributed by atoms with Crippen LogP contribution >= 0.6 is 0 Å². The van der Waals surface area contributed by atoms with Crippen LogP contribution in [-0.2, 0) is 6.54 Å². The maximum atomic E-state index is 11.7. The predicted octanol–water partition coefficient (Wildman–Crippen LogP) is 1.41. The summed E-state index contributed by atoms with van der Waals surface area (Å²) < 4.78 is 9.65. The zero-order chi connectivity index (χ0) is 13.1. The first kappa shape index (κ1) is 11.8. The van der Waals surface area contributed by atoms with Crippen LogP contribution in [0.5, 0.6) is 0 Å². The zero-order valence-electron chi connectivity index (χ0n) is 9.37. The largest absolute Gasteiger partial charge is 0.467 e. The molecule has 8 nitrogen and oxygen atoms in total. The average molecular weight is 251 g/mol. The topological polar surface area (TPSA) is 111 Å². The van der Waals surface area contributed by atoms with Gasteiger partial charge in [-0.2, -0.15) is 0 Å². The second-order valence-corrected chi connectivity index (χ2v) is 3.46. The second kappa shape index (κ2) is 4.70. The minimum Gasteiger partial charge on any atom is -0.467 e. The van der Waals surface area contributed by atoms with Gasteiger partial charge in [0.1, 0.15) is 5.76 Å². The van der Waals surface area contributed by atoms with Crippen LogP contribution in [0.15, 0.2) is 27.3 Å². The summed E-state index contributed by atoms with van der Waals surface area (Å²) in [7, 11) is 0. The number of nitrogens with zero attached hydrogens (tertiary/aromatic N) is 2. The van der Waals surface area contributed by atoms with Crippen LogP contribution in [0.25, 0.3) is 0 Å². The molecule has 0 fully saturated rings. The van der Waals surface area contributed by atoms with Crippen LogP contribution in [0, 0.1) is 17.0 Å². The number of hydrogen-bond donors (Lipinski definition) is 1. The zero-order valence-corrected chi connectivity index (χ0v) is 9.37. The first-order valence-electron chi connectivity index (χ1n) is 5.01. The molecule has 0 radical (unpaired) electrons. The third kappa shape index (κ3) is 2.21. The van der Waals surface area contributed by atoms with Crippen molar-refractivity contribution in [2.75, 3.05) is 0 Å². The van der Waals surface area contributed by atoms with E-state index in [1.807, 2.05) is 0 Å². The average Bonchev–Trinajstić information content (AvgIpc) is 2.94. The number of aromatic nitrogens is 1. The Balaban J connectivity index is 2.12. The number of nitrogens with one attached hydrogen (secondary N) is 1. The lowest BCUT2D eigenvalue weighted by Gasteiger charge is -1.99. The van der Waals surface area contributed by atoms with Gasteiger partial charge in [-0.05, 0) is 12.1 Å². The molecule has 2 rings (SSSR count). The van der Waals surface area contributed by atoms with Crippen LogP contribution in [0.4, 0.5) is 5.69 Å². The van der Waals surface area contributed by atoms with Gasteiger partial charge in [0, 0.05) is 6.92 Å². The maximum Gasteiger partial charge on any atom is 0.344 e. The fourth-order valence-electron chi connectivity index (χ4n) is 1.40. The lowest BCUT2D eigenvalue weighted by molar-refractivity contribution is -0.386. The minimum atomic E-state index is -0.701. The summed E-state index contributed by atoms with van der Waals surface area (Å²) in [6, 6.07) is 3.34. The first-order valence-corrected chi connectivity index (χ1v) is 5.01. The van der Waals surface area contributed by atoms with E-state index in [1.54, 1.807) is 12.1 Å². The Hall–Kier alpha value is -2.64. The van der Waals surface area contributed by atoms with E-state index in [1.165, 1.54) is 13.2 Å². The molecule has 94 valence electrons. The number of hydrogen-bond acceptors (Lipinski definition) is 6. The van der Waals surface area contributed by atoms with Crippen molar-refractivity contribution in [3.05, 3.63) is 45.7 Å². The molecule has 0 saturated heterocycles. The van der Waals surface area contributed by atoms with E-state index in [0.717, 1.165) is 0 Å². The third-order valence-corrected chi connectivity index (χ3v) is 2.23. The molecule has 2 aromatic rings. The van der Waals surface area contributed by atoms with Crippen molar-refractivity contribution in [1.82, 2.24) is 10.5 Å². The van der Waals surface area contributed by atoms with E-state index in [2.05, 4.69) is 15.0 Å². The second-order valence-electron chi connectivity index (χ2n) is 3.46. The van der Waals surface area contributed by atoms with E-state index in [4.69, 9.17) is 4.42 Å². The van der Waals surface area contributed by atoms with Gasteiger partial charge in [-0.15, -0.1) is 0 Å². The molecule has 8 heteroatoms. The number of rotatable bonds is 4. The fraction of sp³-hybridized carbons (Fsp3) is 0.200. The van der Waals surface area contributed by atoms with Crippen molar-refractivity contribution in [3.63, 3.8) is 0 Å². The standard InChI is InChI=1S/C10H9N3O5/c1-6-9(13(15)16)8(12-18-6)10(14)11-5-7-3-2-4-17-7/h2-4H,5H2,1H3,(H,11,14). The van der Waals surface area contributed by atoms with Gasteiger partial charge in [0.05, 0.1) is 17.7 Å². The highest BCUT2D eigenvalue weighted by Crippen LogP contribution is 2.22. The van der Waals surface area contributed by atoms with Crippen LogP contribution < -0.4 is 5.32 Å². The maximum absolute atomic E-state index is 11.7. The number of carbonyl (C=O) groups excluding carboxylic acids is 1. The van der Waals surface area contributed by atoms with Gasteiger partial charge in [-0.1, -0.05) is 5.16 Å². The molecule has 1 amide bonds. The summed E-state index contributed by atoms with van der Waals surface area (Å²) in [5, 5.41) is 16.6. The Labute approximate surface area is 101 Å². The van der Waals surface area contributed by atoms with Gasteiger partial charge in [-0.25, -0.2) is 0 Å². The van der Waals surface area contributed by atoms with Gasteiger partial charge < -0.3 is 14.3 Å². The Bertz CT molecular complexity index is 572. The predicted molar refractivity (Wildman–Crippen MR) is 57.8 cm³/mol. The first-order chi connectivity index (χ1) is 8.59. The van der Waals surface area contributed by atoms with Crippen LogP contribution in [0.3, 0.4) is 0 Å². The van der Waals surface area contributed by atoms with Gasteiger partial charge in [0.15, 0.2) is 0 Å². The highest BCUT2D eigenvalue weighted by molar-refractivity contribution is 5.96. The quantitative estimate of drug-likeness (QED) is 0.649. The molecule has 2 heterocycles. The fourth-order valence-corrected chi connectivity index (χ4v) is 1.40. The van der Waals surface area contributed by atoms with Crippen molar-refractivity contribution in [1.29, 1.82) is 0 Å². The van der Waals surface area contributed by atoms with E-state index < -0.39 is 16.5 Å². The molecule has 0 aliphatic heterocycles. The van der Waals surface area contributed by atoms with Gasteiger partial charge in [0.25, 0.3) is 5.91 Å². The van der Waals surface area contributed by atoms with E-state index >= 15 is 0 Å². The number of amides is 1. The Morgan fingerprint density at radius 2 is 2.39 bits per heavy atom. The minimum absolute atomic E-state index is 0.0110. The van der Waals surface area contributed by atoms with Crippen LogP contribution in [0.2, 0.25) is 0 Å². The van der Waals surface area contributed by atoms with Crippen molar-refractivity contribution in [2.24, 2.45) is 0 Å². The molecule has 0 saturated carbocycles. The summed E-state index contributed by atoms with van der Waals surface area (Å²) in [4.78, 5) is 21.7. The summed E-state index contributed by atoms with van der Waals surface area (Å²) in [6.45, 7) is 1.49. The van der Waals surface area contributed by atoms with Crippen molar-refractivity contribution in [2.45, 2.75) is 13.5 Å². The lowest BCUT2D eigenvalue weighted by Crippen LogP contribution is -2.23. The number of furan rings is 1. The lowest BCUT2D eigenvalue weighted by atomic mass is 10.3. The van der Waals surface area contributed by atoms with E-state index in [-0.39, 0.29) is 18.0 Å². The van der Waals surface area contributed by atoms with E-state index in [0.29, 0.717) is 5.76 Å². The molecule has 0 atom stereocenters. The molecule has 0 unspecified atom stereocenters. The number of aryl methyl sites for hydroxylation is 1. The smallest absolute Gasteiger partial charge is 0.344 e. The van der Waals surface area contributed by atoms with Gasteiger partial charge in [0.2, 0.25) is 11.5 Å². The molecule has 1 N–H and O–H groups in total. The molecule has 18 heavy (non-hydrogen) atoms. The molecule has 0 aliphatic rings. The molecule has 0 aromatic carbocycles. The molecule has 0 bridgehead atoms. The van der Waals surface area contributed by atoms with Crippen molar-refractivity contribution >= 4 is 11.6 Å². The highest BCUT2D eigenvalue weighted by Gasteiger charge is 2.29. The summed E-state index contributed by atoms with van der Waals surface area (Å²) in [5.41, 5.74) is -0.768. The van der Waals surface area contributed by atoms with Crippen LogP contribution in [-0.4, -0.2) is 16.0 Å². The molecular weight excluding hydrogens is 242 g/mol. The SMILES string of the molecule is Cc1onc(C(=O)NCc2ccco2)c1[N+](=O)[O-]. The van der Waals surface area contributed by atoms with Gasteiger partial charge in [-0.3, -0.25) is 14.9 Å². The van der Waals surface area contributed by atoms with Crippen molar-refractivity contribution < 1.29 is 18.7 Å². The third-order valence-electron chi connectivity index (χ3n) is 2.23. The molecule has 0 spiro atoms. The molecule has 2 aromatic heterocycles. The Kier molecular flexibility index (Phi) is 3.09. The van der Waals surface area contributed by atoms with Crippen LogP contribution in [0.1, 0.15) is 22.0 Å². The summed E-state index contributed by atoms with van der Waals surface area (Å²) in [6.07, 6.45) is 1.46. The Morgan fingerprint density at radius 1 is 1.61 bits per heavy atom. The molecular formula is C10H9N3O5. The number of nitro groups is 1. The Morgan fingerprint density at radius 3 is 3.00 bits per heavy atom. The normalized spacial score (nSPS) is 10.3. The summed E-state index contributed by atoms with van der Waals surface area (Å²) >= 11 is 0. The highest BCUT2D eigenvalue weighted by atomic mass is 16.6. The molecule has 0 aliphatic carbocycles. The number of carbonyl (C=O) groups is 1. The van der Waals surface area contributed by atoms with Crippen molar-refractivity contribution in [3.8, 4) is 0 Å².